The first-order valence-corrected chi connectivity index (χ1v) is 7.27. The van der Waals surface area contributed by atoms with Crippen molar-refractivity contribution in [3.05, 3.63) is 54.3 Å². The average Bonchev–Trinajstić information content (AvgIpc) is 3.26. The van der Waals surface area contributed by atoms with Crippen molar-refractivity contribution in [1.29, 1.82) is 0 Å². The van der Waals surface area contributed by atoms with Crippen LogP contribution in [-0.2, 0) is 0 Å². The Kier molecular flexibility index (Phi) is 2.92. The Hall–Kier alpha value is -2.69. The van der Waals surface area contributed by atoms with Crippen LogP contribution >= 0.6 is 0 Å². The van der Waals surface area contributed by atoms with Crippen LogP contribution in [0.4, 0.5) is 9.18 Å². The topological polar surface area (TPSA) is 46.9 Å². The van der Waals surface area contributed by atoms with E-state index in [-0.39, 0.29) is 17.9 Å². The van der Waals surface area contributed by atoms with Crippen LogP contribution in [0.5, 0.6) is 0 Å². The molecule has 110 valence electrons. The number of halogens is 1. The molecule has 1 amide bonds. The lowest BCUT2D eigenvalue weighted by atomic mass is 10.1. The highest BCUT2D eigenvalue weighted by atomic mass is 19.1. The van der Waals surface area contributed by atoms with Crippen LogP contribution in [-0.4, -0.2) is 21.9 Å². The number of benzene rings is 2. The van der Waals surface area contributed by atoms with Gasteiger partial charge in [-0.25, -0.2) is 9.18 Å². The summed E-state index contributed by atoms with van der Waals surface area (Å²) in [4.78, 5) is 12.3. The van der Waals surface area contributed by atoms with E-state index in [0.29, 0.717) is 5.69 Å². The molecule has 0 saturated heterocycles. The maximum absolute atomic E-state index is 13.1. The first-order chi connectivity index (χ1) is 10.7. The molecular formula is C17H14FN3O. The normalized spacial score (nSPS) is 14.2. The van der Waals surface area contributed by atoms with Gasteiger partial charge >= 0.3 is 6.03 Å². The van der Waals surface area contributed by atoms with E-state index in [1.807, 2.05) is 24.3 Å². The molecule has 4 rings (SSSR count). The van der Waals surface area contributed by atoms with Crippen molar-refractivity contribution >= 4 is 16.9 Å². The Balaban J connectivity index is 1.84. The monoisotopic (exact) mass is 295 g/mol. The molecule has 0 atom stereocenters. The van der Waals surface area contributed by atoms with E-state index in [4.69, 9.17) is 0 Å². The predicted molar refractivity (Wildman–Crippen MR) is 82.1 cm³/mol. The number of carbonyl (C=O) groups excluding carboxylic acids is 1. The third-order valence-corrected chi connectivity index (χ3v) is 3.80. The zero-order chi connectivity index (χ0) is 15.1. The number of hydrogen-bond donors (Lipinski definition) is 1. The fourth-order valence-corrected chi connectivity index (χ4v) is 2.51. The van der Waals surface area contributed by atoms with Gasteiger partial charge in [-0.05, 0) is 43.2 Å². The zero-order valence-electron chi connectivity index (χ0n) is 11.8. The fraction of sp³-hybridized carbons (Fsp3) is 0.176. The summed E-state index contributed by atoms with van der Waals surface area (Å²) in [6.45, 7) is 0. The number of fused-ring (bicyclic) bond motifs is 1. The third kappa shape index (κ3) is 2.24. The Morgan fingerprint density at radius 2 is 1.86 bits per heavy atom. The molecule has 1 aliphatic carbocycles. The second kappa shape index (κ2) is 4.94. The molecule has 0 aliphatic heterocycles. The molecule has 2 aromatic carbocycles. The number of carbonyl (C=O) groups is 1. The van der Waals surface area contributed by atoms with Crippen molar-refractivity contribution in [1.82, 2.24) is 15.1 Å². The van der Waals surface area contributed by atoms with E-state index in [0.717, 1.165) is 29.3 Å². The molecule has 22 heavy (non-hydrogen) atoms. The minimum atomic E-state index is -0.293. The molecule has 1 fully saturated rings. The molecule has 0 radical (unpaired) electrons. The van der Waals surface area contributed by atoms with Crippen molar-refractivity contribution in [2.75, 3.05) is 0 Å². The first-order valence-electron chi connectivity index (χ1n) is 7.27. The van der Waals surface area contributed by atoms with E-state index < -0.39 is 0 Å². The second-order valence-corrected chi connectivity index (χ2v) is 5.51. The predicted octanol–water partition coefficient (Wildman–Crippen LogP) is 3.56. The molecule has 0 spiro atoms. The number of nitrogens with zero attached hydrogens (tertiary/aromatic N) is 2. The Morgan fingerprint density at radius 3 is 2.59 bits per heavy atom. The van der Waals surface area contributed by atoms with Crippen molar-refractivity contribution in [2.45, 2.75) is 18.9 Å². The number of aromatic nitrogens is 2. The number of nitrogens with one attached hydrogen (secondary N) is 1. The van der Waals surface area contributed by atoms with E-state index in [2.05, 4.69) is 10.4 Å². The molecule has 1 aromatic heterocycles. The van der Waals surface area contributed by atoms with Gasteiger partial charge in [0.15, 0.2) is 0 Å². The lowest BCUT2D eigenvalue weighted by Crippen LogP contribution is -2.30. The fourth-order valence-electron chi connectivity index (χ4n) is 2.51. The van der Waals surface area contributed by atoms with Crippen LogP contribution in [0.1, 0.15) is 12.8 Å². The minimum absolute atomic E-state index is 0.216. The van der Waals surface area contributed by atoms with Crippen LogP contribution in [0.2, 0.25) is 0 Å². The highest BCUT2D eigenvalue weighted by Crippen LogP contribution is 2.28. The molecule has 0 unspecified atom stereocenters. The molecule has 5 heteroatoms. The van der Waals surface area contributed by atoms with Gasteiger partial charge in [0.25, 0.3) is 0 Å². The van der Waals surface area contributed by atoms with E-state index in [1.165, 1.54) is 16.8 Å². The van der Waals surface area contributed by atoms with Gasteiger partial charge in [-0.1, -0.05) is 18.2 Å². The maximum atomic E-state index is 13.1. The Bertz CT molecular complexity index is 850. The Labute approximate surface area is 126 Å². The smallest absolute Gasteiger partial charge is 0.333 e. The van der Waals surface area contributed by atoms with Gasteiger partial charge in [-0.15, -0.1) is 0 Å². The maximum Gasteiger partial charge on any atom is 0.342 e. The lowest BCUT2D eigenvalue weighted by Gasteiger charge is -2.03. The van der Waals surface area contributed by atoms with E-state index in [1.54, 1.807) is 12.1 Å². The standard InChI is InChI=1S/C17H14FN3O/c18-12-7-5-11(6-8-12)16-14-3-1-2-4-15(14)21(20-16)17(22)19-13-9-10-13/h1-8,13H,9-10H2,(H,19,22). The first kappa shape index (κ1) is 13.0. The summed E-state index contributed by atoms with van der Waals surface area (Å²) < 4.78 is 14.5. The molecule has 3 aromatic rings. The lowest BCUT2D eigenvalue weighted by molar-refractivity contribution is 0.240. The molecule has 1 aliphatic rings. The highest BCUT2D eigenvalue weighted by Gasteiger charge is 2.25. The minimum Gasteiger partial charge on any atom is -0.333 e. The van der Waals surface area contributed by atoms with Crippen LogP contribution in [0.15, 0.2) is 48.5 Å². The highest BCUT2D eigenvalue weighted by molar-refractivity contribution is 5.98. The van der Waals surface area contributed by atoms with E-state index in [9.17, 15) is 9.18 Å². The summed E-state index contributed by atoms with van der Waals surface area (Å²) >= 11 is 0. The summed E-state index contributed by atoms with van der Waals surface area (Å²) in [5, 5.41) is 8.26. The summed E-state index contributed by atoms with van der Waals surface area (Å²) in [7, 11) is 0. The van der Waals surface area contributed by atoms with Gasteiger partial charge in [0.2, 0.25) is 0 Å². The average molecular weight is 295 g/mol. The molecule has 0 bridgehead atoms. The zero-order valence-corrected chi connectivity index (χ0v) is 11.8. The van der Waals surface area contributed by atoms with Gasteiger partial charge < -0.3 is 5.32 Å². The second-order valence-electron chi connectivity index (χ2n) is 5.51. The summed E-state index contributed by atoms with van der Waals surface area (Å²) in [6, 6.07) is 13.8. The molecule has 1 saturated carbocycles. The Morgan fingerprint density at radius 1 is 1.14 bits per heavy atom. The van der Waals surface area contributed by atoms with Gasteiger partial charge in [-0.3, -0.25) is 0 Å². The summed E-state index contributed by atoms with van der Waals surface area (Å²) in [6.07, 6.45) is 2.05. The summed E-state index contributed by atoms with van der Waals surface area (Å²) in [5.74, 6) is -0.293. The van der Waals surface area contributed by atoms with Gasteiger partial charge in [0.05, 0.1) is 5.52 Å². The van der Waals surface area contributed by atoms with Crippen LogP contribution < -0.4 is 5.32 Å². The van der Waals surface area contributed by atoms with Crippen molar-refractivity contribution in [2.24, 2.45) is 0 Å². The van der Waals surface area contributed by atoms with E-state index >= 15 is 0 Å². The third-order valence-electron chi connectivity index (χ3n) is 3.80. The number of hydrogen-bond acceptors (Lipinski definition) is 2. The van der Waals surface area contributed by atoms with Crippen molar-refractivity contribution in [3.8, 4) is 11.3 Å². The van der Waals surface area contributed by atoms with Crippen molar-refractivity contribution < 1.29 is 9.18 Å². The van der Waals surface area contributed by atoms with Crippen LogP contribution in [0, 0.1) is 5.82 Å². The molecule has 1 heterocycles. The summed E-state index contributed by atoms with van der Waals surface area (Å²) in [5.41, 5.74) is 2.22. The van der Waals surface area contributed by atoms with Gasteiger partial charge in [0, 0.05) is 17.0 Å². The SMILES string of the molecule is O=C(NC1CC1)n1nc(-c2ccc(F)cc2)c2ccccc21. The largest absolute Gasteiger partial charge is 0.342 e. The molecule has 1 N–H and O–H groups in total. The molecular weight excluding hydrogens is 281 g/mol. The van der Waals surface area contributed by atoms with Crippen LogP contribution in [0.3, 0.4) is 0 Å². The van der Waals surface area contributed by atoms with Crippen LogP contribution in [0.25, 0.3) is 22.2 Å². The number of rotatable bonds is 2. The number of para-hydroxylation sites is 1. The quantitative estimate of drug-likeness (QED) is 0.785. The molecule has 4 nitrogen and oxygen atoms in total. The van der Waals surface area contributed by atoms with Gasteiger partial charge in [0.1, 0.15) is 11.5 Å². The van der Waals surface area contributed by atoms with Gasteiger partial charge in [-0.2, -0.15) is 9.78 Å². The number of amides is 1. The van der Waals surface area contributed by atoms with Crippen molar-refractivity contribution in [3.63, 3.8) is 0 Å².